The molecule has 0 saturated heterocycles. The fourth-order valence-corrected chi connectivity index (χ4v) is 9.58. The van der Waals surface area contributed by atoms with Gasteiger partial charge < -0.3 is 30.1 Å². The molecule has 220 valence electrons. The van der Waals surface area contributed by atoms with Gasteiger partial charge in [0.15, 0.2) is 0 Å². The van der Waals surface area contributed by atoms with Crippen LogP contribution in [-0.4, -0.2) is 74.6 Å². The van der Waals surface area contributed by atoms with Crippen LogP contribution in [0.3, 0.4) is 0 Å². The van der Waals surface area contributed by atoms with Crippen LogP contribution in [0.5, 0.6) is 0 Å². The van der Waals surface area contributed by atoms with E-state index in [1.807, 2.05) is 12.2 Å². The van der Waals surface area contributed by atoms with E-state index in [9.17, 15) is 38.5 Å². The van der Waals surface area contributed by atoms with E-state index >= 15 is 0 Å². The van der Waals surface area contributed by atoms with Crippen molar-refractivity contribution in [3.05, 3.63) is 12.2 Å². The Kier molecular flexibility index (Phi) is 9.99. The molecule has 0 aromatic carbocycles. The summed E-state index contributed by atoms with van der Waals surface area (Å²) in [7, 11) is -4.90. The molecule has 0 aromatic rings. The second-order valence-corrected chi connectivity index (χ2v) is 14.9. The van der Waals surface area contributed by atoms with Crippen LogP contribution in [0.25, 0.3) is 0 Å². The molecule has 4 fully saturated rings. The average molecular weight is 583 g/mol. The standard InChI is InChI=1S/C28H48O9S.Na/c1-16(6-7-17(2)27(5,32)15-37-38(34,35)36)21-13-22(30)24-19-12-23(31)28(33)14-18(29)8-11-26(28,4)20(19)9-10-25(21,24)3;/h6-7,16-24,29-33H,8-15H2,1-5H3,(H,34,35,36);/q;+1/p-1/b7-6+;/t16?,17?,18-,19?,20?,21?,22-,23+,24?,25+,26+,27?,28+;/m0./s1. The number of rotatable bonds is 7. The van der Waals surface area contributed by atoms with Gasteiger partial charge in [0.25, 0.3) is 0 Å². The van der Waals surface area contributed by atoms with E-state index in [0.29, 0.717) is 25.7 Å². The minimum Gasteiger partial charge on any atom is -0.726 e. The quantitative estimate of drug-likeness (QED) is 0.111. The summed E-state index contributed by atoms with van der Waals surface area (Å²) < 4.78 is 36.7. The van der Waals surface area contributed by atoms with E-state index < -0.39 is 57.9 Å². The third kappa shape index (κ3) is 5.96. The molecular weight excluding hydrogens is 535 g/mol. The van der Waals surface area contributed by atoms with Gasteiger partial charge in [-0.15, -0.1) is 0 Å². The molecular formula is C28H47NaO9S. The molecule has 0 aromatic heterocycles. The van der Waals surface area contributed by atoms with Crippen molar-refractivity contribution in [1.82, 2.24) is 0 Å². The minimum atomic E-state index is -4.90. The van der Waals surface area contributed by atoms with E-state index in [4.69, 9.17) is 0 Å². The summed E-state index contributed by atoms with van der Waals surface area (Å²) in [6, 6.07) is 0. The zero-order valence-corrected chi connectivity index (χ0v) is 27.1. The molecule has 0 amide bonds. The van der Waals surface area contributed by atoms with Gasteiger partial charge in [-0.25, -0.2) is 8.42 Å². The van der Waals surface area contributed by atoms with E-state index in [-0.39, 0.29) is 71.0 Å². The zero-order chi connectivity index (χ0) is 28.5. The number of allylic oxidation sites excluding steroid dienone is 1. The predicted molar refractivity (Wildman–Crippen MR) is 139 cm³/mol. The maximum absolute atomic E-state index is 11.6. The molecule has 7 unspecified atom stereocenters. The zero-order valence-electron chi connectivity index (χ0n) is 24.3. The Labute approximate surface area is 255 Å². The van der Waals surface area contributed by atoms with Gasteiger partial charge >= 0.3 is 29.6 Å². The van der Waals surface area contributed by atoms with Crippen LogP contribution >= 0.6 is 0 Å². The SMILES string of the molecule is CC(/C=C/C(C)C(C)(O)COS(=O)(=O)[O-])C1C[C@H](O)C2C3C[C@@H](O)[C@]4(O)C[C@@H](O)CC[C@]4(C)C3CC[C@]12C.[Na+]. The summed E-state index contributed by atoms with van der Waals surface area (Å²) in [5.41, 5.74) is -3.55. The van der Waals surface area contributed by atoms with Crippen molar-refractivity contribution in [2.75, 3.05) is 6.61 Å². The molecule has 39 heavy (non-hydrogen) atoms. The van der Waals surface area contributed by atoms with Crippen LogP contribution < -0.4 is 29.6 Å². The van der Waals surface area contributed by atoms with Gasteiger partial charge in [0.05, 0.1) is 36.1 Å². The van der Waals surface area contributed by atoms with Crippen LogP contribution in [0.2, 0.25) is 0 Å². The molecule has 4 rings (SSSR count). The molecule has 4 aliphatic carbocycles. The molecule has 0 bridgehead atoms. The molecule has 5 N–H and O–H groups in total. The van der Waals surface area contributed by atoms with Crippen molar-refractivity contribution in [1.29, 1.82) is 0 Å². The third-order valence-electron chi connectivity index (χ3n) is 11.7. The van der Waals surface area contributed by atoms with Crippen LogP contribution in [0.1, 0.15) is 79.6 Å². The molecule has 0 spiro atoms. The van der Waals surface area contributed by atoms with Crippen molar-refractivity contribution in [2.45, 2.75) is 109 Å². The van der Waals surface area contributed by atoms with Gasteiger partial charge in [0.1, 0.15) is 0 Å². The molecule has 0 heterocycles. The maximum atomic E-state index is 11.6. The molecule has 11 heteroatoms. The van der Waals surface area contributed by atoms with Gasteiger partial charge in [-0.2, -0.15) is 0 Å². The third-order valence-corrected chi connectivity index (χ3v) is 12.1. The van der Waals surface area contributed by atoms with Crippen molar-refractivity contribution < 1.29 is 72.2 Å². The van der Waals surface area contributed by atoms with E-state index in [0.717, 1.165) is 12.8 Å². The topological polar surface area (TPSA) is 168 Å². The first-order valence-corrected chi connectivity index (χ1v) is 15.5. The van der Waals surface area contributed by atoms with Crippen molar-refractivity contribution in [3.8, 4) is 0 Å². The Morgan fingerprint density at radius 1 is 1.10 bits per heavy atom. The fourth-order valence-electron chi connectivity index (χ4n) is 9.20. The Morgan fingerprint density at radius 2 is 1.74 bits per heavy atom. The second-order valence-electron chi connectivity index (χ2n) is 13.8. The number of aliphatic hydroxyl groups is 5. The summed E-state index contributed by atoms with van der Waals surface area (Å²) in [5, 5.41) is 55.2. The van der Waals surface area contributed by atoms with Crippen molar-refractivity contribution in [2.24, 2.45) is 46.3 Å². The molecule has 0 aliphatic heterocycles. The maximum Gasteiger partial charge on any atom is 1.00 e. The summed E-state index contributed by atoms with van der Waals surface area (Å²) in [5.74, 6) is -0.0377. The Morgan fingerprint density at radius 3 is 2.36 bits per heavy atom. The van der Waals surface area contributed by atoms with Crippen LogP contribution in [-0.2, 0) is 14.6 Å². The average Bonchev–Trinajstić information content (AvgIpc) is 3.08. The number of fused-ring (bicyclic) bond motifs is 5. The Balaban J connectivity index is 0.00000420. The molecule has 9 nitrogen and oxygen atoms in total. The molecule has 0 radical (unpaired) electrons. The first kappa shape index (κ1) is 33.9. The van der Waals surface area contributed by atoms with Gasteiger partial charge in [0, 0.05) is 17.8 Å². The Bertz CT molecular complexity index is 1020. The number of hydrogen-bond donors (Lipinski definition) is 5. The fraction of sp³-hybridized carbons (Fsp3) is 0.929. The van der Waals surface area contributed by atoms with Gasteiger partial charge in [-0.3, -0.25) is 4.18 Å². The second kappa shape index (κ2) is 11.5. The monoisotopic (exact) mass is 582 g/mol. The van der Waals surface area contributed by atoms with Gasteiger partial charge in [-0.05, 0) is 80.5 Å². The first-order chi connectivity index (χ1) is 17.4. The number of hydrogen-bond acceptors (Lipinski definition) is 9. The van der Waals surface area contributed by atoms with Crippen LogP contribution in [0.15, 0.2) is 12.2 Å². The largest absolute Gasteiger partial charge is 1.00 e. The summed E-state index contributed by atoms with van der Waals surface area (Å²) in [6.45, 7) is 8.93. The smallest absolute Gasteiger partial charge is 0.726 e. The van der Waals surface area contributed by atoms with E-state index in [2.05, 4.69) is 25.0 Å². The Hall–Kier alpha value is 0.410. The summed E-state index contributed by atoms with van der Waals surface area (Å²) >= 11 is 0. The normalized spacial score (nSPS) is 47.3. The van der Waals surface area contributed by atoms with Crippen molar-refractivity contribution >= 4 is 10.4 Å². The predicted octanol–water partition coefficient (Wildman–Crippen LogP) is -0.877. The molecule has 4 saturated carbocycles. The van der Waals surface area contributed by atoms with Gasteiger partial charge in [0.2, 0.25) is 10.4 Å². The number of aliphatic hydroxyl groups excluding tert-OH is 3. The van der Waals surface area contributed by atoms with Crippen LogP contribution in [0, 0.1) is 46.3 Å². The summed E-state index contributed by atoms with van der Waals surface area (Å²) in [6.07, 6.45) is 6.01. The molecule has 4 aliphatic rings. The van der Waals surface area contributed by atoms with E-state index in [1.54, 1.807) is 6.92 Å². The molecule has 13 atom stereocenters. The van der Waals surface area contributed by atoms with Gasteiger partial charge in [-0.1, -0.05) is 39.8 Å². The summed E-state index contributed by atoms with van der Waals surface area (Å²) in [4.78, 5) is 0. The van der Waals surface area contributed by atoms with E-state index in [1.165, 1.54) is 6.92 Å². The minimum absolute atomic E-state index is 0. The van der Waals surface area contributed by atoms with Crippen molar-refractivity contribution in [3.63, 3.8) is 0 Å². The van der Waals surface area contributed by atoms with Crippen LogP contribution in [0.4, 0.5) is 0 Å². The first-order valence-electron chi connectivity index (χ1n) is 14.1.